The summed E-state index contributed by atoms with van der Waals surface area (Å²) in [7, 11) is 6.69. The molecule has 10 aliphatic heterocycles. The second kappa shape index (κ2) is 9.08. The predicted octanol–water partition coefficient (Wildman–Crippen LogP) is 0.261. The summed E-state index contributed by atoms with van der Waals surface area (Å²) in [5.74, 6) is -3.11. The number of carbonyl (C=O) groups excluding carboxylic acids is 5. The predicted molar refractivity (Wildman–Crippen MR) is 186 cm³/mol. The molecule has 4 bridgehead atoms. The molecule has 11 atom stereocenters. The smallest absolute Gasteiger partial charge is 0.271 e. The Balaban J connectivity index is 1.34. The van der Waals surface area contributed by atoms with Crippen molar-refractivity contribution in [3.8, 4) is 0 Å². The van der Waals surface area contributed by atoms with E-state index in [1.807, 2.05) is 0 Å². The molecule has 8 saturated heterocycles. The van der Waals surface area contributed by atoms with E-state index in [1.165, 1.54) is 42.6 Å². The van der Waals surface area contributed by atoms with Gasteiger partial charge < -0.3 is 35.8 Å². The fourth-order valence-corrected chi connectivity index (χ4v) is 18.4. The zero-order chi connectivity index (χ0) is 35.3. The van der Waals surface area contributed by atoms with Crippen LogP contribution in [0.1, 0.15) is 25.0 Å². The number of para-hydroxylation sites is 2. The summed E-state index contributed by atoms with van der Waals surface area (Å²) >= 11 is 0. The molecule has 18 heteroatoms. The van der Waals surface area contributed by atoms with Gasteiger partial charge in [0, 0.05) is 25.5 Å². The normalized spacial score (nSPS) is 44.8. The Kier molecular flexibility index (Phi) is 5.74. The van der Waals surface area contributed by atoms with Crippen molar-refractivity contribution in [2.24, 2.45) is 0 Å². The lowest BCUT2D eigenvalue weighted by Crippen LogP contribution is -2.80. The second-order valence-electron chi connectivity index (χ2n) is 14.1. The minimum Gasteiger partial charge on any atom is -0.389 e. The van der Waals surface area contributed by atoms with Crippen molar-refractivity contribution in [1.29, 1.82) is 0 Å². The zero-order valence-electron chi connectivity index (χ0n) is 26.8. The molecule has 0 radical (unpaired) electrons. The number of amides is 4. The Morgan fingerprint density at radius 2 is 1.18 bits per heavy atom. The third-order valence-electron chi connectivity index (χ3n) is 12.6. The number of likely N-dealkylation sites (N-methyl/N-ethyl adjacent to an activating group) is 2. The highest BCUT2D eigenvalue weighted by Crippen LogP contribution is 2.78. The van der Waals surface area contributed by atoms with Gasteiger partial charge in [-0.15, -0.1) is 0 Å². The number of hydrogen-bond acceptors (Lipinski definition) is 14. The Morgan fingerprint density at radius 3 is 1.68 bits per heavy atom. The first-order chi connectivity index (χ1) is 23.7. The summed E-state index contributed by atoms with van der Waals surface area (Å²) in [4.78, 5) is 70.2. The summed E-state index contributed by atoms with van der Waals surface area (Å²) in [5.41, 5.74) is -1.64. The van der Waals surface area contributed by atoms with Crippen molar-refractivity contribution in [1.82, 2.24) is 19.6 Å². The number of aliphatic hydroxyl groups is 3. The van der Waals surface area contributed by atoms with Gasteiger partial charge >= 0.3 is 0 Å². The number of rotatable bonds is 3. The van der Waals surface area contributed by atoms with Crippen LogP contribution in [-0.4, -0.2) is 129 Å². The maximum Gasteiger partial charge on any atom is 0.271 e. The average molecular weight is 755 g/mol. The van der Waals surface area contributed by atoms with Gasteiger partial charge in [0.1, 0.15) is 24.5 Å². The van der Waals surface area contributed by atoms with Gasteiger partial charge in [0.25, 0.3) is 23.6 Å². The molecule has 4 amide bonds. The minimum absolute atomic E-state index is 0.472. The number of Topliss-reactive ketones (excluding diaryl/α,β-unsaturated/α-hetero) is 1. The van der Waals surface area contributed by atoms with Gasteiger partial charge in [-0.05, 0) is 80.3 Å². The first kappa shape index (κ1) is 31.6. The summed E-state index contributed by atoms with van der Waals surface area (Å²) in [6.07, 6.45) is -7.27. The SMILES string of the molecule is CC(=O)[C@@]12SS[C@]3(C(=O)N1C)[C@@H](O)[C@]1([C@@]45c6ccccc6N[C@@H]4N4C(=O)[C@]6(C(C)O)SS[C@]4(C(=O)N6C)[C@H]5O)c4ccccc4N[C@@H]1N3C2=O. The maximum absolute atomic E-state index is 15.0. The first-order valence-corrected chi connectivity index (χ1v) is 20.3. The van der Waals surface area contributed by atoms with E-state index in [0.717, 1.165) is 48.1 Å². The van der Waals surface area contributed by atoms with Gasteiger partial charge in [0.05, 0.1) is 16.9 Å². The molecule has 1 unspecified atom stereocenters. The molecule has 2 aromatic carbocycles. The van der Waals surface area contributed by atoms with E-state index < -0.39 is 90.4 Å². The lowest BCUT2D eigenvalue weighted by atomic mass is 9.52. The van der Waals surface area contributed by atoms with Gasteiger partial charge in [0.15, 0.2) is 5.78 Å². The first-order valence-electron chi connectivity index (χ1n) is 16.0. The Bertz CT molecular complexity index is 2060. The Hall–Kier alpha value is -3.13. The van der Waals surface area contributed by atoms with Crippen molar-refractivity contribution in [3.63, 3.8) is 0 Å². The summed E-state index contributed by atoms with van der Waals surface area (Å²) < 4.78 is 0. The quantitative estimate of drug-likeness (QED) is 0.213. The van der Waals surface area contributed by atoms with Crippen LogP contribution in [0.3, 0.4) is 0 Å². The molecule has 10 heterocycles. The molecule has 14 nitrogen and oxygen atoms in total. The molecule has 0 aromatic heterocycles. The van der Waals surface area contributed by atoms with Crippen molar-refractivity contribution >= 4 is 84.0 Å². The minimum atomic E-state index is -1.97. The number of benzene rings is 2. The molecular formula is C32H30N6O8S4. The number of hydrogen-bond donors (Lipinski definition) is 5. The highest BCUT2D eigenvalue weighted by molar-refractivity contribution is 8.78. The van der Waals surface area contributed by atoms with E-state index in [4.69, 9.17) is 0 Å². The van der Waals surface area contributed by atoms with E-state index >= 15 is 0 Å². The topological polar surface area (TPSA) is 183 Å². The summed E-state index contributed by atoms with van der Waals surface area (Å²) in [5, 5.41) is 44.8. The highest BCUT2D eigenvalue weighted by Gasteiger charge is 2.93. The molecular weight excluding hydrogens is 725 g/mol. The fourth-order valence-electron chi connectivity index (χ4n) is 10.5. The van der Waals surface area contributed by atoms with Crippen LogP contribution < -0.4 is 10.6 Å². The molecule has 5 N–H and O–H groups in total. The van der Waals surface area contributed by atoms with Crippen LogP contribution in [0.2, 0.25) is 0 Å². The highest BCUT2D eigenvalue weighted by atomic mass is 33.1. The van der Waals surface area contributed by atoms with Gasteiger partial charge in [-0.25, -0.2) is 0 Å². The largest absolute Gasteiger partial charge is 0.389 e. The Labute approximate surface area is 300 Å². The number of ketones is 1. The standard InChI is InChI=1S/C32H30N6O8S4/c1-13(39)29-25(45)37-21-27(15-9-5-7-11-17(15)33-21,19(41)31(37,49-47-29)23(43)35(29)3)28-16-10-6-8-12-18(16)34-22(28)38-26(46)30(14(2)40)36(4)24(44)32(38,20(28)42)50-48-30/h5-13,19-22,33-34,39,41-42H,1-4H3/t13?,19-,20-,21+,22+,27+,28+,29-,30-,31-,32-/m0/s1. The van der Waals surface area contributed by atoms with Gasteiger partial charge in [-0.3, -0.25) is 33.8 Å². The van der Waals surface area contributed by atoms with Crippen LogP contribution in [-0.2, 0) is 34.8 Å². The number of piperazine rings is 2. The number of aliphatic hydroxyl groups excluding tert-OH is 3. The van der Waals surface area contributed by atoms with Gasteiger partial charge in [-0.2, -0.15) is 0 Å². The molecule has 0 aliphatic carbocycles. The third-order valence-corrected chi connectivity index (χ3v) is 20.0. The lowest BCUT2D eigenvalue weighted by molar-refractivity contribution is -0.172. The van der Waals surface area contributed by atoms with E-state index in [9.17, 15) is 39.3 Å². The molecule has 50 heavy (non-hydrogen) atoms. The average Bonchev–Trinajstić information content (AvgIpc) is 3.74. The van der Waals surface area contributed by atoms with Crippen LogP contribution in [0.15, 0.2) is 48.5 Å². The van der Waals surface area contributed by atoms with E-state index in [2.05, 4.69) is 10.6 Å². The number of nitrogens with zero attached hydrogens (tertiary/aromatic N) is 4. The van der Waals surface area contributed by atoms with Crippen molar-refractivity contribution < 1.29 is 39.3 Å². The maximum atomic E-state index is 15.0. The molecule has 0 saturated carbocycles. The summed E-state index contributed by atoms with van der Waals surface area (Å²) in [6, 6.07) is 14.2. The number of fused-ring (bicyclic) bond motifs is 11. The molecule has 10 aliphatic rings. The van der Waals surface area contributed by atoms with E-state index in [1.54, 1.807) is 48.5 Å². The second-order valence-corrected chi connectivity index (χ2v) is 19.2. The van der Waals surface area contributed by atoms with E-state index in [0.29, 0.717) is 22.5 Å². The fraction of sp³-hybridized carbons (Fsp3) is 0.469. The molecule has 12 rings (SSSR count). The number of anilines is 2. The monoisotopic (exact) mass is 754 g/mol. The summed E-state index contributed by atoms with van der Waals surface area (Å²) in [6.45, 7) is 2.70. The zero-order valence-corrected chi connectivity index (χ0v) is 30.1. The van der Waals surface area contributed by atoms with Crippen LogP contribution >= 0.6 is 43.2 Å². The lowest BCUT2D eigenvalue weighted by Gasteiger charge is -2.59. The van der Waals surface area contributed by atoms with Crippen molar-refractivity contribution in [3.05, 3.63) is 59.7 Å². The van der Waals surface area contributed by atoms with Crippen LogP contribution in [0, 0.1) is 0 Å². The van der Waals surface area contributed by atoms with Gasteiger partial charge in [0.2, 0.25) is 19.5 Å². The van der Waals surface area contributed by atoms with Crippen LogP contribution in [0.5, 0.6) is 0 Å². The van der Waals surface area contributed by atoms with Crippen LogP contribution in [0.25, 0.3) is 0 Å². The molecule has 2 aromatic rings. The van der Waals surface area contributed by atoms with Gasteiger partial charge in [-0.1, -0.05) is 36.4 Å². The molecule has 8 fully saturated rings. The number of nitrogens with one attached hydrogen (secondary N) is 2. The molecule has 260 valence electrons. The number of carbonyl (C=O) groups is 5. The van der Waals surface area contributed by atoms with Crippen molar-refractivity contribution in [2.75, 3.05) is 24.7 Å². The van der Waals surface area contributed by atoms with Crippen molar-refractivity contribution in [2.45, 2.75) is 74.8 Å². The molecule has 2 spiro atoms. The van der Waals surface area contributed by atoms with E-state index in [-0.39, 0.29) is 0 Å². The Morgan fingerprint density at radius 1 is 0.720 bits per heavy atom. The third kappa shape index (κ3) is 2.61. The van der Waals surface area contributed by atoms with Crippen LogP contribution in [0.4, 0.5) is 11.4 Å².